The summed E-state index contributed by atoms with van der Waals surface area (Å²) in [5.41, 5.74) is 0.0386. The number of hydrogen-bond donors (Lipinski definition) is 1. The van der Waals surface area contributed by atoms with Crippen LogP contribution in [0.4, 0.5) is 0 Å². The Labute approximate surface area is 91.3 Å². The first-order valence-corrected chi connectivity index (χ1v) is 4.26. The third-order valence-corrected chi connectivity index (χ3v) is 1.91. The summed E-state index contributed by atoms with van der Waals surface area (Å²) in [5, 5.41) is 8.07. The molecule has 1 rings (SSSR count). The molecule has 1 aromatic carbocycles. The van der Waals surface area contributed by atoms with Gasteiger partial charge in [0.1, 0.15) is 0 Å². The molecular formula is C10H10O6. The molecule has 6 nitrogen and oxygen atoms in total. The fourth-order valence-corrected chi connectivity index (χ4v) is 1.14. The maximum absolute atomic E-state index is 11.3. The number of ether oxygens (including phenoxy) is 2. The first-order valence-electron chi connectivity index (χ1n) is 4.26. The molecule has 0 aromatic heterocycles. The number of ketones is 1. The molecule has 0 aliphatic heterocycles. The zero-order chi connectivity index (χ0) is 12.1. The van der Waals surface area contributed by atoms with Crippen molar-refractivity contribution in [2.75, 3.05) is 14.2 Å². The highest BCUT2D eigenvalue weighted by molar-refractivity contribution is 6.40. The summed E-state index contributed by atoms with van der Waals surface area (Å²) in [6.45, 7) is 0. The standard InChI is InChI=1S/C10H10O6/c1-14-7-4-3-6(5-8(7)15-2)9(11)10(12)16-13/h3-5,13H,1-2H3. The van der Waals surface area contributed by atoms with Gasteiger partial charge in [0.2, 0.25) is 0 Å². The predicted molar refractivity (Wildman–Crippen MR) is 52.6 cm³/mol. The van der Waals surface area contributed by atoms with Gasteiger partial charge in [0.25, 0.3) is 5.78 Å². The van der Waals surface area contributed by atoms with Crippen LogP contribution in [0.1, 0.15) is 10.4 Å². The minimum Gasteiger partial charge on any atom is -0.493 e. The lowest BCUT2D eigenvalue weighted by Crippen LogP contribution is -2.15. The van der Waals surface area contributed by atoms with Crippen LogP contribution in [0.25, 0.3) is 0 Å². The summed E-state index contributed by atoms with van der Waals surface area (Å²) in [6, 6.07) is 4.15. The van der Waals surface area contributed by atoms with E-state index >= 15 is 0 Å². The first kappa shape index (κ1) is 12.0. The van der Waals surface area contributed by atoms with Crippen LogP contribution >= 0.6 is 0 Å². The third kappa shape index (κ3) is 2.29. The van der Waals surface area contributed by atoms with Gasteiger partial charge in [0.15, 0.2) is 11.5 Å². The van der Waals surface area contributed by atoms with E-state index in [0.717, 1.165) is 0 Å². The van der Waals surface area contributed by atoms with Crippen LogP contribution in [-0.2, 0) is 9.68 Å². The van der Waals surface area contributed by atoms with Gasteiger partial charge in [-0.2, -0.15) is 5.26 Å². The minimum atomic E-state index is -1.35. The number of methoxy groups -OCH3 is 2. The van der Waals surface area contributed by atoms with Crippen LogP contribution in [0.3, 0.4) is 0 Å². The van der Waals surface area contributed by atoms with Crippen LogP contribution in [-0.4, -0.2) is 31.2 Å². The summed E-state index contributed by atoms with van der Waals surface area (Å²) in [7, 11) is 2.85. The molecule has 0 heterocycles. The number of benzene rings is 1. The Hall–Kier alpha value is -2.08. The van der Waals surface area contributed by atoms with Gasteiger partial charge in [-0.05, 0) is 18.2 Å². The van der Waals surface area contributed by atoms with Gasteiger partial charge in [-0.15, -0.1) is 0 Å². The number of carbonyl (C=O) groups excluding carboxylic acids is 2. The molecule has 0 bridgehead atoms. The van der Waals surface area contributed by atoms with Crippen molar-refractivity contribution in [3.8, 4) is 11.5 Å². The van der Waals surface area contributed by atoms with Crippen LogP contribution in [0, 0.1) is 0 Å². The second-order valence-electron chi connectivity index (χ2n) is 2.78. The maximum Gasteiger partial charge on any atom is 0.412 e. The predicted octanol–water partition coefficient (Wildman–Crippen LogP) is 0.903. The van der Waals surface area contributed by atoms with Crippen molar-refractivity contribution in [2.24, 2.45) is 0 Å². The molecule has 0 saturated carbocycles. The van der Waals surface area contributed by atoms with Crippen LogP contribution in [0.15, 0.2) is 18.2 Å². The monoisotopic (exact) mass is 226 g/mol. The van der Waals surface area contributed by atoms with E-state index in [1.165, 1.54) is 32.4 Å². The van der Waals surface area contributed by atoms with Crippen LogP contribution < -0.4 is 9.47 Å². The Bertz CT molecular complexity index is 412. The number of carbonyl (C=O) groups is 2. The van der Waals surface area contributed by atoms with Gasteiger partial charge < -0.3 is 9.47 Å². The quantitative estimate of drug-likeness (QED) is 0.355. The Morgan fingerprint density at radius 1 is 1.12 bits per heavy atom. The second-order valence-corrected chi connectivity index (χ2v) is 2.78. The van der Waals surface area contributed by atoms with Gasteiger partial charge in [0, 0.05) is 5.56 Å². The summed E-state index contributed by atoms with van der Waals surface area (Å²) < 4.78 is 9.90. The molecular weight excluding hydrogens is 216 g/mol. The highest BCUT2D eigenvalue weighted by Gasteiger charge is 2.19. The number of hydrogen-bond acceptors (Lipinski definition) is 6. The van der Waals surface area contributed by atoms with Crippen molar-refractivity contribution in [3.63, 3.8) is 0 Å². The summed E-state index contributed by atoms with van der Waals surface area (Å²) in [4.78, 5) is 25.4. The largest absolute Gasteiger partial charge is 0.493 e. The topological polar surface area (TPSA) is 82.1 Å². The van der Waals surface area contributed by atoms with Crippen molar-refractivity contribution in [2.45, 2.75) is 0 Å². The van der Waals surface area contributed by atoms with Crippen LogP contribution in [0.2, 0.25) is 0 Å². The molecule has 1 N–H and O–H groups in total. The highest BCUT2D eigenvalue weighted by atomic mass is 17.1. The van der Waals surface area contributed by atoms with Gasteiger partial charge >= 0.3 is 5.97 Å². The molecule has 0 aliphatic rings. The summed E-state index contributed by atoms with van der Waals surface area (Å²) in [6.07, 6.45) is 0. The molecule has 0 unspecified atom stereocenters. The zero-order valence-corrected chi connectivity index (χ0v) is 8.72. The van der Waals surface area contributed by atoms with E-state index < -0.39 is 11.8 Å². The molecule has 0 atom stereocenters. The zero-order valence-electron chi connectivity index (χ0n) is 8.72. The van der Waals surface area contributed by atoms with Crippen molar-refractivity contribution in [1.29, 1.82) is 0 Å². The molecule has 1 aromatic rings. The Balaban J connectivity index is 3.08. The molecule has 0 aliphatic carbocycles. The van der Waals surface area contributed by atoms with E-state index in [0.29, 0.717) is 11.5 Å². The van der Waals surface area contributed by atoms with Gasteiger partial charge in [0.05, 0.1) is 14.2 Å². The second kappa shape index (κ2) is 5.13. The normalized spacial score (nSPS) is 9.44. The lowest BCUT2D eigenvalue weighted by molar-refractivity contribution is -0.227. The summed E-state index contributed by atoms with van der Waals surface area (Å²) >= 11 is 0. The maximum atomic E-state index is 11.3. The molecule has 86 valence electrons. The minimum absolute atomic E-state index is 0.0386. The third-order valence-electron chi connectivity index (χ3n) is 1.91. The van der Waals surface area contributed by atoms with E-state index in [4.69, 9.17) is 14.7 Å². The van der Waals surface area contributed by atoms with E-state index in [9.17, 15) is 9.59 Å². The smallest absolute Gasteiger partial charge is 0.412 e. The summed E-state index contributed by atoms with van der Waals surface area (Å²) in [5.74, 6) is -1.59. The first-order chi connectivity index (χ1) is 7.63. The van der Waals surface area contributed by atoms with E-state index in [1.807, 2.05) is 0 Å². The number of Topliss-reactive ketones (excluding diaryl/α,β-unsaturated/α-hetero) is 1. The van der Waals surface area contributed by atoms with E-state index in [1.54, 1.807) is 0 Å². The van der Waals surface area contributed by atoms with E-state index in [2.05, 4.69) is 4.89 Å². The fourth-order valence-electron chi connectivity index (χ4n) is 1.14. The fraction of sp³-hybridized carbons (Fsp3) is 0.200. The molecule has 0 amide bonds. The molecule has 16 heavy (non-hydrogen) atoms. The molecule has 0 spiro atoms. The van der Waals surface area contributed by atoms with Gasteiger partial charge in [-0.25, -0.2) is 4.79 Å². The van der Waals surface area contributed by atoms with Crippen LogP contribution in [0.5, 0.6) is 11.5 Å². The van der Waals surface area contributed by atoms with Crippen molar-refractivity contribution >= 4 is 11.8 Å². The average Bonchev–Trinajstić information content (AvgIpc) is 2.35. The molecule has 0 saturated heterocycles. The van der Waals surface area contributed by atoms with Crippen molar-refractivity contribution in [1.82, 2.24) is 0 Å². The highest BCUT2D eigenvalue weighted by Crippen LogP contribution is 2.27. The molecule has 6 heteroatoms. The van der Waals surface area contributed by atoms with Crippen molar-refractivity contribution in [3.05, 3.63) is 23.8 Å². The number of rotatable bonds is 4. The van der Waals surface area contributed by atoms with Gasteiger partial charge in [-0.3, -0.25) is 9.68 Å². The molecule has 0 fully saturated rings. The Morgan fingerprint density at radius 2 is 1.75 bits per heavy atom. The van der Waals surface area contributed by atoms with Gasteiger partial charge in [-0.1, -0.05) is 0 Å². The molecule has 0 radical (unpaired) electrons. The Morgan fingerprint density at radius 3 is 2.25 bits per heavy atom. The van der Waals surface area contributed by atoms with E-state index in [-0.39, 0.29) is 5.56 Å². The lowest BCUT2D eigenvalue weighted by atomic mass is 10.1. The van der Waals surface area contributed by atoms with Crippen molar-refractivity contribution < 1.29 is 29.2 Å². The lowest BCUT2D eigenvalue weighted by Gasteiger charge is -2.07. The average molecular weight is 226 g/mol. The SMILES string of the molecule is COc1ccc(C(=O)C(=O)OO)cc1OC. The Kier molecular flexibility index (Phi) is 3.84.